The molecule has 0 bridgehead atoms. The van der Waals surface area contributed by atoms with E-state index in [2.05, 4.69) is 5.32 Å². The van der Waals surface area contributed by atoms with Crippen molar-refractivity contribution >= 4 is 35.0 Å². The molecule has 0 saturated carbocycles. The first-order valence-electron chi connectivity index (χ1n) is 9.85. The molecule has 1 aliphatic rings. The monoisotopic (exact) mass is 472 g/mol. The van der Waals surface area contributed by atoms with Crippen molar-refractivity contribution in [1.29, 1.82) is 0 Å². The Morgan fingerprint density at radius 1 is 0.909 bits per heavy atom. The molecule has 0 aromatic heterocycles. The van der Waals surface area contributed by atoms with Gasteiger partial charge in [0.05, 0.1) is 21.7 Å². The fraction of sp³-hybridized carbons (Fsp3) is 0.125. The van der Waals surface area contributed by atoms with Crippen LogP contribution in [-0.2, 0) is 17.4 Å². The van der Waals surface area contributed by atoms with Crippen LogP contribution in [-0.4, -0.2) is 28.7 Å². The van der Waals surface area contributed by atoms with Crippen molar-refractivity contribution < 1.29 is 27.6 Å². The van der Waals surface area contributed by atoms with E-state index in [1.807, 2.05) is 0 Å². The first kappa shape index (κ1) is 22.5. The van der Waals surface area contributed by atoms with E-state index in [0.717, 1.165) is 11.0 Å². The lowest BCUT2D eigenvalue weighted by atomic mass is 10.0. The average molecular weight is 473 g/mol. The fourth-order valence-corrected chi connectivity index (χ4v) is 3.90. The third kappa shape index (κ3) is 4.47. The standard InChI is InChI=1S/C24H16ClF3N2O3/c25-19-11-10-15(13-18(19)24(26,27)28)29-21(31)20(12-14-6-2-1-3-7-14)30-22(32)16-8-4-5-9-17(16)23(30)33/h1-11,13,20H,12H2,(H,29,31). The SMILES string of the molecule is O=C(Nc1ccc(Cl)c(C(F)(F)F)c1)C(Cc1ccccc1)N1C(=O)c2ccccc2C1=O. The number of carbonyl (C=O) groups is 3. The molecule has 1 aliphatic heterocycles. The molecule has 9 heteroatoms. The molecular formula is C24H16ClF3N2O3. The van der Waals surface area contributed by atoms with Gasteiger partial charge in [-0.25, -0.2) is 0 Å². The maximum absolute atomic E-state index is 13.2. The minimum absolute atomic E-state index is 0.0160. The molecule has 1 heterocycles. The number of anilines is 1. The topological polar surface area (TPSA) is 66.5 Å². The largest absolute Gasteiger partial charge is 0.417 e. The fourth-order valence-electron chi connectivity index (χ4n) is 3.68. The van der Waals surface area contributed by atoms with Crippen LogP contribution in [0.2, 0.25) is 5.02 Å². The third-order valence-electron chi connectivity index (χ3n) is 5.25. The van der Waals surface area contributed by atoms with Gasteiger partial charge in [-0.05, 0) is 35.9 Å². The van der Waals surface area contributed by atoms with Crippen LogP contribution in [0.25, 0.3) is 0 Å². The normalized spacial score (nSPS) is 14.2. The minimum Gasteiger partial charge on any atom is -0.324 e. The van der Waals surface area contributed by atoms with E-state index < -0.39 is 40.5 Å². The lowest BCUT2D eigenvalue weighted by Crippen LogP contribution is -2.48. The van der Waals surface area contributed by atoms with Gasteiger partial charge in [0.15, 0.2) is 0 Å². The van der Waals surface area contributed by atoms with E-state index in [4.69, 9.17) is 11.6 Å². The Balaban J connectivity index is 1.68. The number of hydrogen-bond donors (Lipinski definition) is 1. The lowest BCUT2D eigenvalue weighted by molar-refractivity contribution is -0.137. The van der Waals surface area contributed by atoms with Gasteiger partial charge in [-0.3, -0.25) is 19.3 Å². The highest BCUT2D eigenvalue weighted by Crippen LogP contribution is 2.36. The molecule has 3 aromatic carbocycles. The van der Waals surface area contributed by atoms with Gasteiger partial charge in [0.25, 0.3) is 11.8 Å². The number of fused-ring (bicyclic) bond motifs is 1. The Bertz CT molecular complexity index is 1210. The predicted octanol–water partition coefficient (Wildman–Crippen LogP) is 5.20. The molecule has 33 heavy (non-hydrogen) atoms. The number of nitrogens with zero attached hydrogens (tertiary/aromatic N) is 1. The molecule has 1 atom stereocenters. The Labute approximate surface area is 191 Å². The smallest absolute Gasteiger partial charge is 0.324 e. The summed E-state index contributed by atoms with van der Waals surface area (Å²) in [5, 5.41) is 1.89. The summed E-state index contributed by atoms with van der Waals surface area (Å²) in [5.41, 5.74) is -0.270. The van der Waals surface area contributed by atoms with E-state index >= 15 is 0 Å². The Kier molecular flexibility index (Phi) is 5.95. The van der Waals surface area contributed by atoms with Crippen molar-refractivity contribution in [2.75, 3.05) is 5.32 Å². The minimum atomic E-state index is -4.72. The zero-order valence-corrected chi connectivity index (χ0v) is 17.7. The summed E-state index contributed by atoms with van der Waals surface area (Å²) in [4.78, 5) is 40.0. The Morgan fingerprint density at radius 2 is 1.48 bits per heavy atom. The van der Waals surface area contributed by atoms with E-state index in [9.17, 15) is 27.6 Å². The number of halogens is 4. The van der Waals surface area contributed by atoms with Gasteiger partial charge in [0.2, 0.25) is 5.91 Å². The number of carbonyl (C=O) groups excluding carboxylic acids is 3. The van der Waals surface area contributed by atoms with Gasteiger partial charge in [0.1, 0.15) is 6.04 Å². The number of hydrogen-bond acceptors (Lipinski definition) is 3. The number of rotatable bonds is 5. The number of imide groups is 1. The Hall–Kier alpha value is -3.65. The second-order valence-electron chi connectivity index (χ2n) is 7.41. The molecule has 4 rings (SSSR count). The number of benzene rings is 3. The van der Waals surface area contributed by atoms with Crippen LogP contribution in [0.4, 0.5) is 18.9 Å². The highest BCUT2D eigenvalue weighted by atomic mass is 35.5. The van der Waals surface area contributed by atoms with Gasteiger partial charge in [-0.1, -0.05) is 54.1 Å². The number of nitrogens with one attached hydrogen (secondary N) is 1. The second-order valence-corrected chi connectivity index (χ2v) is 7.82. The zero-order chi connectivity index (χ0) is 23.8. The molecule has 3 aromatic rings. The van der Waals surface area contributed by atoms with Gasteiger partial charge < -0.3 is 5.32 Å². The molecule has 1 N–H and O–H groups in total. The third-order valence-corrected chi connectivity index (χ3v) is 5.58. The summed E-state index contributed by atoms with van der Waals surface area (Å²) in [5.74, 6) is -2.08. The summed E-state index contributed by atoms with van der Waals surface area (Å²) in [6.07, 6.45) is -4.73. The molecule has 0 radical (unpaired) electrons. The van der Waals surface area contributed by atoms with Crippen LogP contribution in [0.5, 0.6) is 0 Å². The van der Waals surface area contributed by atoms with Gasteiger partial charge in [0, 0.05) is 12.1 Å². The van der Waals surface area contributed by atoms with Crippen molar-refractivity contribution in [3.63, 3.8) is 0 Å². The van der Waals surface area contributed by atoms with Crippen LogP contribution in [0.3, 0.4) is 0 Å². The van der Waals surface area contributed by atoms with Crippen LogP contribution < -0.4 is 5.32 Å². The summed E-state index contributed by atoms with van der Waals surface area (Å²) < 4.78 is 39.7. The summed E-state index contributed by atoms with van der Waals surface area (Å²) in [6, 6.07) is 16.5. The molecule has 1 unspecified atom stereocenters. The number of alkyl halides is 3. The maximum Gasteiger partial charge on any atom is 0.417 e. The van der Waals surface area contributed by atoms with Crippen molar-refractivity contribution in [1.82, 2.24) is 4.90 Å². The van der Waals surface area contributed by atoms with Crippen LogP contribution in [0.15, 0.2) is 72.8 Å². The molecule has 168 valence electrons. The van der Waals surface area contributed by atoms with Crippen molar-refractivity contribution in [2.45, 2.75) is 18.6 Å². The van der Waals surface area contributed by atoms with Crippen molar-refractivity contribution in [2.24, 2.45) is 0 Å². The Morgan fingerprint density at radius 3 is 2.06 bits per heavy atom. The van der Waals surface area contributed by atoms with Gasteiger partial charge in [-0.15, -0.1) is 0 Å². The van der Waals surface area contributed by atoms with Crippen LogP contribution in [0, 0.1) is 0 Å². The van der Waals surface area contributed by atoms with Crippen LogP contribution >= 0.6 is 11.6 Å². The van der Waals surface area contributed by atoms with E-state index in [0.29, 0.717) is 11.6 Å². The molecule has 0 saturated heterocycles. The van der Waals surface area contributed by atoms with Crippen LogP contribution in [0.1, 0.15) is 31.8 Å². The van der Waals surface area contributed by atoms with E-state index in [1.165, 1.54) is 18.2 Å². The molecular weight excluding hydrogens is 457 g/mol. The summed E-state index contributed by atoms with van der Waals surface area (Å²) in [7, 11) is 0. The molecule has 0 aliphatic carbocycles. The first-order chi connectivity index (χ1) is 15.7. The zero-order valence-electron chi connectivity index (χ0n) is 16.9. The number of amides is 3. The highest BCUT2D eigenvalue weighted by molar-refractivity contribution is 6.31. The summed E-state index contributed by atoms with van der Waals surface area (Å²) >= 11 is 5.65. The maximum atomic E-state index is 13.2. The molecule has 0 fully saturated rings. The lowest BCUT2D eigenvalue weighted by Gasteiger charge is -2.26. The second kappa shape index (κ2) is 8.71. The molecule has 0 spiro atoms. The first-order valence-corrected chi connectivity index (χ1v) is 10.2. The molecule has 5 nitrogen and oxygen atoms in total. The molecule has 3 amide bonds. The van der Waals surface area contributed by atoms with Crippen molar-refractivity contribution in [3.8, 4) is 0 Å². The van der Waals surface area contributed by atoms with Gasteiger partial charge >= 0.3 is 6.18 Å². The van der Waals surface area contributed by atoms with Gasteiger partial charge in [-0.2, -0.15) is 13.2 Å². The summed E-state index contributed by atoms with van der Waals surface area (Å²) in [6.45, 7) is 0. The highest BCUT2D eigenvalue weighted by Gasteiger charge is 2.43. The predicted molar refractivity (Wildman–Crippen MR) is 116 cm³/mol. The van der Waals surface area contributed by atoms with E-state index in [-0.39, 0.29) is 23.2 Å². The quantitative estimate of drug-likeness (QED) is 0.519. The average Bonchev–Trinajstić information content (AvgIpc) is 3.03. The van der Waals surface area contributed by atoms with Crippen molar-refractivity contribution in [3.05, 3.63) is 100 Å². The van der Waals surface area contributed by atoms with E-state index in [1.54, 1.807) is 42.5 Å².